The standard InChI is InChI=1S/C4H4N2O3/c7-2-3-1-4(8)6(9)5-3/h1-2,5,9H. The monoisotopic (exact) mass is 128 g/mol. The van der Waals surface area contributed by atoms with Gasteiger partial charge in [0, 0.05) is 6.07 Å². The molecule has 0 saturated heterocycles. The van der Waals surface area contributed by atoms with E-state index in [-0.39, 0.29) is 10.5 Å². The van der Waals surface area contributed by atoms with Gasteiger partial charge in [0.1, 0.15) is 5.69 Å². The zero-order valence-corrected chi connectivity index (χ0v) is 4.37. The van der Waals surface area contributed by atoms with Crippen molar-refractivity contribution in [3.63, 3.8) is 0 Å². The van der Waals surface area contributed by atoms with Crippen molar-refractivity contribution in [2.45, 2.75) is 0 Å². The molecule has 5 heteroatoms. The highest BCUT2D eigenvalue weighted by molar-refractivity contribution is 5.71. The molecule has 9 heavy (non-hydrogen) atoms. The maximum absolute atomic E-state index is 10.3. The Morgan fingerprint density at radius 1 is 1.78 bits per heavy atom. The molecule has 0 aliphatic heterocycles. The highest BCUT2D eigenvalue weighted by atomic mass is 16.5. The molecule has 1 aromatic heterocycles. The smallest absolute Gasteiger partial charge is 0.302 e. The van der Waals surface area contributed by atoms with E-state index >= 15 is 0 Å². The highest BCUT2D eigenvalue weighted by Crippen LogP contribution is 1.78. The van der Waals surface area contributed by atoms with Crippen molar-refractivity contribution in [3.8, 4) is 0 Å². The normalized spacial score (nSPS) is 9.33. The summed E-state index contributed by atoms with van der Waals surface area (Å²) in [6, 6.07) is 0.993. The summed E-state index contributed by atoms with van der Waals surface area (Å²) < 4.78 is 0. The fraction of sp³-hybridized carbons (Fsp3) is 0. The Balaban J connectivity index is 3.28. The molecule has 0 spiro atoms. The third kappa shape index (κ3) is 0.835. The number of nitrogens with zero attached hydrogens (tertiary/aromatic N) is 1. The van der Waals surface area contributed by atoms with Crippen molar-refractivity contribution in [2.75, 3.05) is 0 Å². The Morgan fingerprint density at radius 3 is 2.67 bits per heavy atom. The van der Waals surface area contributed by atoms with E-state index in [1.54, 1.807) is 0 Å². The van der Waals surface area contributed by atoms with Gasteiger partial charge in [0.15, 0.2) is 6.29 Å². The Hall–Kier alpha value is -1.52. The Bertz CT molecular complexity index is 272. The number of hydrogen-bond donors (Lipinski definition) is 2. The molecule has 1 aromatic rings. The summed E-state index contributed by atoms with van der Waals surface area (Å²) in [5.74, 6) is 0. The van der Waals surface area contributed by atoms with Crippen molar-refractivity contribution in [2.24, 2.45) is 0 Å². The molecular weight excluding hydrogens is 124 g/mol. The molecule has 1 heterocycles. The van der Waals surface area contributed by atoms with Crippen LogP contribution in [-0.2, 0) is 0 Å². The van der Waals surface area contributed by atoms with Crippen molar-refractivity contribution in [3.05, 3.63) is 22.1 Å². The third-order valence-electron chi connectivity index (χ3n) is 0.850. The molecule has 0 aliphatic rings. The first-order valence-corrected chi connectivity index (χ1v) is 2.20. The molecule has 0 unspecified atom stereocenters. The molecule has 48 valence electrons. The van der Waals surface area contributed by atoms with E-state index in [2.05, 4.69) is 5.10 Å². The van der Waals surface area contributed by atoms with E-state index in [1.165, 1.54) is 0 Å². The molecule has 0 saturated carbocycles. The topological polar surface area (TPSA) is 75.1 Å². The summed E-state index contributed by atoms with van der Waals surface area (Å²) in [7, 11) is 0. The Labute approximate surface area is 49.5 Å². The van der Waals surface area contributed by atoms with Crippen LogP contribution >= 0.6 is 0 Å². The molecule has 0 atom stereocenters. The van der Waals surface area contributed by atoms with Crippen LogP contribution in [0.5, 0.6) is 0 Å². The molecule has 0 aromatic carbocycles. The third-order valence-corrected chi connectivity index (χ3v) is 0.850. The molecule has 0 radical (unpaired) electrons. The summed E-state index contributed by atoms with van der Waals surface area (Å²) in [6.07, 6.45) is 0.439. The molecule has 0 fully saturated rings. The van der Waals surface area contributed by atoms with Gasteiger partial charge in [0.05, 0.1) is 0 Å². The first kappa shape index (κ1) is 5.61. The largest absolute Gasteiger partial charge is 0.410 e. The lowest BCUT2D eigenvalue weighted by atomic mass is 10.5. The van der Waals surface area contributed by atoms with Crippen LogP contribution in [0.15, 0.2) is 10.9 Å². The second-order valence-corrected chi connectivity index (χ2v) is 1.48. The first-order valence-electron chi connectivity index (χ1n) is 2.20. The predicted molar refractivity (Wildman–Crippen MR) is 27.6 cm³/mol. The first-order chi connectivity index (χ1) is 4.24. The molecule has 0 amide bonds. The number of rotatable bonds is 1. The van der Waals surface area contributed by atoms with E-state index in [1.807, 2.05) is 0 Å². The Kier molecular flexibility index (Phi) is 1.11. The van der Waals surface area contributed by atoms with Crippen LogP contribution in [0.1, 0.15) is 10.5 Å². The van der Waals surface area contributed by atoms with E-state index in [0.29, 0.717) is 6.29 Å². The number of aldehydes is 1. The Morgan fingerprint density at radius 2 is 2.44 bits per heavy atom. The fourth-order valence-electron chi connectivity index (χ4n) is 0.464. The number of carbonyl (C=O) groups is 1. The fourth-order valence-corrected chi connectivity index (χ4v) is 0.464. The van der Waals surface area contributed by atoms with Crippen molar-refractivity contribution >= 4 is 6.29 Å². The van der Waals surface area contributed by atoms with Gasteiger partial charge in [0.2, 0.25) is 0 Å². The summed E-state index contributed by atoms with van der Waals surface area (Å²) in [6.45, 7) is 0. The molecule has 5 nitrogen and oxygen atoms in total. The number of hydrogen-bond acceptors (Lipinski definition) is 3. The number of carbonyl (C=O) groups excluding carboxylic acids is 1. The van der Waals surface area contributed by atoms with Gasteiger partial charge >= 0.3 is 5.56 Å². The van der Waals surface area contributed by atoms with Crippen LogP contribution in [0.4, 0.5) is 0 Å². The second kappa shape index (κ2) is 1.77. The lowest BCUT2D eigenvalue weighted by Gasteiger charge is -1.81. The van der Waals surface area contributed by atoms with E-state index in [0.717, 1.165) is 6.07 Å². The summed E-state index contributed by atoms with van der Waals surface area (Å²) in [5.41, 5.74) is -0.584. The minimum Gasteiger partial charge on any atom is -0.410 e. The molecule has 2 N–H and O–H groups in total. The van der Waals surface area contributed by atoms with Crippen molar-refractivity contribution < 1.29 is 10.0 Å². The van der Waals surface area contributed by atoms with Gasteiger partial charge in [-0.1, -0.05) is 4.85 Å². The highest BCUT2D eigenvalue weighted by Gasteiger charge is 1.96. The lowest BCUT2D eigenvalue weighted by Crippen LogP contribution is -2.11. The zero-order chi connectivity index (χ0) is 6.85. The predicted octanol–water partition coefficient (Wildman–Crippen LogP) is -0.774. The van der Waals surface area contributed by atoms with E-state index < -0.39 is 5.56 Å². The summed E-state index contributed by atoms with van der Waals surface area (Å²) in [5, 5.41) is 10.5. The average molecular weight is 128 g/mol. The van der Waals surface area contributed by atoms with Gasteiger partial charge in [-0.25, -0.2) is 0 Å². The molecule has 1 rings (SSSR count). The zero-order valence-electron chi connectivity index (χ0n) is 4.37. The summed E-state index contributed by atoms with van der Waals surface area (Å²) >= 11 is 0. The van der Waals surface area contributed by atoms with Crippen LogP contribution in [0.2, 0.25) is 0 Å². The minimum absolute atomic E-state index is 0.0579. The van der Waals surface area contributed by atoms with Crippen molar-refractivity contribution in [1.29, 1.82) is 0 Å². The van der Waals surface area contributed by atoms with Gasteiger partial charge in [-0.05, 0) is 0 Å². The maximum atomic E-state index is 10.3. The second-order valence-electron chi connectivity index (χ2n) is 1.48. The van der Waals surface area contributed by atoms with Crippen LogP contribution in [0, 0.1) is 0 Å². The molecule has 0 bridgehead atoms. The van der Waals surface area contributed by atoms with Crippen molar-refractivity contribution in [1.82, 2.24) is 9.94 Å². The van der Waals surface area contributed by atoms with Gasteiger partial charge in [0.25, 0.3) is 0 Å². The quantitative estimate of drug-likeness (QED) is 0.385. The molecular formula is C4H4N2O3. The SMILES string of the molecule is O=Cc1cc(=O)n(O)[nH]1. The van der Waals surface area contributed by atoms with E-state index in [9.17, 15) is 9.59 Å². The van der Waals surface area contributed by atoms with Gasteiger partial charge in [-0.3, -0.25) is 14.7 Å². The van der Waals surface area contributed by atoms with Crippen LogP contribution in [0.3, 0.4) is 0 Å². The lowest BCUT2D eigenvalue weighted by molar-refractivity contribution is 0.109. The van der Waals surface area contributed by atoms with E-state index in [4.69, 9.17) is 5.21 Å². The number of H-pyrrole nitrogens is 1. The minimum atomic E-state index is -0.642. The summed E-state index contributed by atoms with van der Waals surface area (Å²) in [4.78, 5) is 20.4. The number of aromatic amines is 1. The van der Waals surface area contributed by atoms with Crippen LogP contribution in [-0.4, -0.2) is 21.4 Å². The van der Waals surface area contributed by atoms with Gasteiger partial charge in [-0.2, -0.15) is 0 Å². The average Bonchev–Trinajstić information content (AvgIpc) is 2.13. The molecule has 0 aliphatic carbocycles. The number of aromatic nitrogens is 2. The van der Waals surface area contributed by atoms with Crippen LogP contribution in [0.25, 0.3) is 0 Å². The maximum Gasteiger partial charge on any atom is 0.302 e. The van der Waals surface area contributed by atoms with Crippen LogP contribution < -0.4 is 5.56 Å². The number of nitrogens with one attached hydrogen (secondary N) is 1. The van der Waals surface area contributed by atoms with Gasteiger partial charge < -0.3 is 5.21 Å². The van der Waals surface area contributed by atoms with Gasteiger partial charge in [-0.15, -0.1) is 0 Å².